The Bertz CT molecular complexity index is 516. The van der Waals surface area contributed by atoms with E-state index in [1.165, 1.54) is 0 Å². The number of aryl methyl sites for hydroxylation is 1. The summed E-state index contributed by atoms with van der Waals surface area (Å²) in [7, 11) is 1.81. The molecule has 1 aliphatic carbocycles. The molecule has 0 saturated heterocycles. The summed E-state index contributed by atoms with van der Waals surface area (Å²) in [6.07, 6.45) is 2.38. The summed E-state index contributed by atoms with van der Waals surface area (Å²) in [6.45, 7) is 2.57. The summed E-state index contributed by atoms with van der Waals surface area (Å²) in [5.41, 5.74) is 2.46. The Hall–Kier alpha value is -1.59. The van der Waals surface area contributed by atoms with Crippen molar-refractivity contribution in [2.45, 2.75) is 26.2 Å². The SMILES string of the molecule is CNCCC(=O)Nc1cc(NC(=O)C2CC2)ccc1C.Cl. The Morgan fingerprint density at radius 3 is 2.57 bits per heavy atom. The normalized spacial score (nSPS) is 13.2. The standard InChI is InChI=1S/C15H21N3O2.ClH/c1-10-3-6-12(17-15(20)11-4-5-11)9-13(10)18-14(19)7-8-16-2;/h3,6,9,11,16H,4-5,7-8H2,1-2H3,(H,17,20)(H,18,19);1H. The van der Waals surface area contributed by atoms with Gasteiger partial charge in [0.05, 0.1) is 0 Å². The maximum Gasteiger partial charge on any atom is 0.227 e. The highest BCUT2D eigenvalue weighted by Gasteiger charge is 2.29. The lowest BCUT2D eigenvalue weighted by Gasteiger charge is -2.11. The van der Waals surface area contributed by atoms with Crippen LogP contribution in [0.15, 0.2) is 18.2 Å². The van der Waals surface area contributed by atoms with Crippen molar-refractivity contribution < 1.29 is 9.59 Å². The summed E-state index contributed by atoms with van der Waals surface area (Å²) >= 11 is 0. The van der Waals surface area contributed by atoms with Crippen molar-refractivity contribution in [2.75, 3.05) is 24.2 Å². The Morgan fingerprint density at radius 2 is 1.95 bits per heavy atom. The topological polar surface area (TPSA) is 70.2 Å². The van der Waals surface area contributed by atoms with Gasteiger partial charge in [0.25, 0.3) is 0 Å². The van der Waals surface area contributed by atoms with Gasteiger partial charge in [-0.15, -0.1) is 12.4 Å². The van der Waals surface area contributed by atoms with Crippen LogP contribution in [0.4, 0.5) is 11.4 Å². The second-order valence-electron chi connectivity index (χ2n) is 5.19. The lowest BCUT2D eigenvalue weighted by Crippen LogP contribution is -2.19. The first-order valence-electron chi connectivity index (χ1n) is 6.96. The van der Waals surface area contributed by atoms with E-state index in [1.807, 2.05) is 32.2 Å². The molecule has 0 unspecified atom stereocenters. The number of amides is 2. The van der Waals surface area contributed by atoms with Crippen molar-refractivity contribution >= 4 is 35.6 Å². The summed E-state index contributed by atoms with van der Waals surface area (Å²) in [5, 5.41) is 8.70. The van der Waals surface area contributed by atoms with Crippen LogP contribution in [0, 0.1) is 12.8 Å². The Balaban J connectivity index is 0.00000220. The zero-order valence-electron chi connectivity index (χ0n) is 12.4. The van der Waals surface area contributed by atoms with Crippen LogP contribution < -0.4 is 16.0 Å². The van der Waals surface area contributed by atoms with Crippen LogP contribution in [0.25, 0.3) is 0 Å². The molecule has 1 aliphatic rings. The van der Waals surface area contributed by atoms with Gasteiger partial charge < -0.3 is 16.0 Å². The van der Waals surface area contributed by atoms with E-state index in [9.17, 15) is 9.59 Å². The first-order valence-corrected chi connectivity index (χ1v) is 6.96. The monoisotopic (exact) mass is 311 g/mol. The second kappa shape index (κ2) is 8.00. The molecule has 0 heterocycles. The lowest BCUT2D eigenvalue weighted by atomic mass is 10.1. The molecule has 6 heteroatoms. The van der Waals surface area contributed by atoms with Crippen molar-refractivity contribution in [1.29, 1.82) is 0 Å². The van der Waals surface area contributed by atoms with Crippen molar-refractivity contribution in [1.82, 2.24) is 5.32 Å². The van der Waals surface area contributed by atoms with Crippen LogP contribution in [-0.2, 0) is 9.59 Å². The van der Waals surface area contributed by atoms with Gasteiger partial charge in [-0.25, -0.2) is 0 Å². The highest BCUT2D eigenvalue weighted by Crippen LogP contribution is 2.30. The van der Waals surface area contributed by atoms with Gasteiger partial charge in [-0.3, -0.25) is 9.59 Å². The van der Waals surface area contributed by atoms with E-state index in [4.69, 9.17) is 0 Å². The molecule has 3 N–H and O–H groups in total. The maximum absolute atomic E-state index is 11.7. The number of carbonyl (C=O) groups is 2. The van der Waals surface area contributed by atoms with Crippen molar-refractivity contribution in [2.24, 2.45) is 5.92 Å². The van der Waals surface area contributed by atoms with Gasteiger partial charge in [0.15, 0.2) is 0 Å². The average Bonchev–Trinajstić information content (AvgIpc) is 3.24. The fourth-order valence-corrected chi connectivity index (χ4v) is 1.88. The predicted octanol–water partition coefficient (Wildman–Crippen LogP) is 2.31. The van der Waals surface area contributed by atoms with Crippen LogP contribution in [0.5, 0.6) is 0 Å². The molecule has 5 nitrogen and oxygen atoms in total. The third-order valence-corrected chi connectivity index (χ3v) is 3.33. The highest BCUT2D eigenvalue weighted by molar-refractivity contribution is 5.96. The zero-order chi connectivity index (χ0) is 14.5. The number of benzene rings is 1. The van der Waals surface area contributed by atoms with Crippen LogP contribution in [0.1, 0.15) is 24.8 Å². The van der Waals surface area contributed by atoms with Gasteiger partial charge in [-0.2, -0.15) is 0 Å². The van der Waals surface area contributed by atoms with Crippen LogP contribution in [0.3, 0.4) is 0 Å². The van der Waals surface area contributed by atoms with Crippen LogP contribution in [-0.4, -0.2) is 25.4 Å². The number of halogens is 1. The van der Waals surface area contributed by atoms with Gasteiger partial charge >= 0.3 is 0 Å². The molecule has 0 aromatic heterocycles. The van der Waals surface area contributed by atoms with Crippen molar-refractivity contribution in [3.8, 4) is 0 Å². The lowest BCUT2D eigenvalue weighted by molar-refractivity contribution is -0.117. The summed E-state index contributed by atoms with van der Waals surface area (Å²) < 4.78 is 0. The number of carbonyl (C=O) groups excluding carboxylic acids is 2. The van der Waals surface area contributed by atoms with E-state index in [2.05, 4.69) is 16.0 Å². The number of hydrogen-bond acceptors (Lipinski definition) is 3. The molecule has 0 bridgehead atoms. The van der Waals surface area contributed by atoms with Crippen molar-refractivity contribution in [3.05, 3.63) is 23.8 Å². The fraction of sp³-hybridized carbons (Fsp3) is 0.467. The van der Waals surface area contributed by atoms with E-state index >= 15 is 0 Å². The molecule has 0 radical (unpaired) electrons. The van der Waals surface area contributed by atoms with E-state index in [-0.39, 0.29) is 30.1 Å². The van der Waals surface area contributed by atoms with E-state index in [0.29, 0.717) is 13.0 Å². The van der Waals surface area contributed by atoms with Crippen LogP contribution in [0.2, 0.25) is 0 Å². The molecule has 0 spiro atoms. The summed E-state index contributed by atoms with van der Waals surface area (Å²) in [5.74, 6) is 0.208. The Kier molecular flexibility index (Phi) is 6.65. The molecule has 1 aromatic rings. The first kappa shape index (κ1) is 17.5. The molecule has 1 aromatic carbocycles. The Morgan fingerprint density at radius 1 is 1.24 bits per heavy atom. The number of hydrogen-bond donors (Lipinski definition) is 3. The largest absolute Gasteiger partial charge is 0.326 e. The minimum Gasteiger partial charge on any atom is -0.326 e. The zero-order valence-corrected chi connectivity index (χ0v) is 13.2. The van der Waals surface area contributed by atoms with Gasteiger partial charge in [-0.1, -0.05) is 6.07 Å². The number of anilines is 2. The third-order valence-electron chi connectivity index (χ3n) is 3.33. The first-order chi connectivity index (χ1) is 9.60. The molecule has 1 saturated carbocycles. The molecular weight excluding hydrogens is 290 g/mol. The maximum atomic E-state index is 11.7. The average molecular weight is 312 g/mol. The Labute approximate surface area is 131 Å². The molecule has 116 valence electrons. The molecule has 1 fully saturated rings. The van der Waals surface area contributed by atoms with Gasteiger partial charge in [-0.05, 0) is 44.5 Å². The molecule has 0 atom stereocenters. The van der Waals surface area contributed by atoms with Crippen molar-refractivity contribution in [3.63, 3.8) is 0 Å². The third kappa shape index (κ3) is 5.36. The van der Waals surface area contributed by atoms with Gasteiger partial charge in [0.1, 0.15) is 0 Å². The smallest absolute Gasteiger partial charge is 0.227 e. The highest BCUT2D eigenvalue weighted by atomic mass is 35.5. The van der Waals surface area contributed by atoms with E-state index in [1.54, 1.807) is 0 Å². The number of rotatable bonds is 6. The van der Waals surface area contributed by atoms with Crippen LogP contribution >= 0.6 is 12.4 Å². The van der Waals surface area contributed by atoms with E-state index in [0.717, 1.165) is 29.8 Å². The molecule has 2 amide bonds. The second-order valence-corrected chi connectivity index (χ2v) is 5.19. The van der Waals surface area contributed by atoms with E-state index < -0.39 is 0 Å². The molecule has 0 aliphatic heterocycles. The summed E-state index contributed by atoms with van der Waals surface area (Å²) in [6, 6.07) is 5.57. The minimum atomic E-state index is -0.0341. The fourth-order valence-electron chi connectivity index (χ4n) is 1.88. The summed E-state index contributed by atoms with van der Waals surface area (Å²) in [4.78, 5) is 23.5. The molecule has 21 heavy (non-hydrogen) atoms. The predicted molar refractivity (Wildman–Crippen MR) is 87.0 cm³/mol. The number of nitrogens with one attached hydrogen (secondary N) is 3. The van der Waals surface area contributed by atoms with Gasteiger partial charge in [0, 0.05) is 30.3 Å². The molecular formula is C15H22ClN3O2. The quantitative estimate of drug-likeness (QED) is 0.755. The minimum absolute atomic E-state index is 0. The van der Waals surface area contributed by atoms with Gasteiger partial charge in [0.2, 0.25) is 11.8 Å². The molecule has 2 rings (SSSR count).